The Balaban J connectivity index is 1.51. The first-order chi connectivity index (χ1) is 14.9. The fourth-order valence-electron chi connectivity index (χ4n) is 4.01. The number of carbonyl (C=O) groups excluding carboxylic acids is 3. The number of ether oxygens (including phenoxy) is 1. The van der Waals surface area contributed by atoms with E-state index in [9.17, 15) is 14.4 Å². The van der Waals surface area contributed by atoms with E-state index in [1.54, 1.807) is 38.1 Å². The van der Waals surface area contributed by atoms with Crippen LogP contribution in [-0.2, 0) is 16.1 Å². The van der Waals surface area contributed by atoms with Gasteiger partial charge in [-0.05, 0) is 56.7 Å². The summed E-state index contributed by atoms with van der Waals surface area (Å²) in [7, 11) is 0. The maximum atomic E-state index is 13.0. The maximum Gasteiger partial charge on any atom is 0.340 e. The Kier molecular flexibility index (Phi) is 7.44. The molecule has 0 spiro atoms. The van der Waals surface area contributed by atoms with Crippen molar-refractivity contribution in [3.63, 3.8) is 0 Å². The number of hydrogen-bond acceptors (Lipinski definition) is 5. The highest BCUT2D eigenvalue weighted by Gasteiger charge is 2.29. The molecule has 2 N–H and O–H groups in total. The lowest BCUT2D eigenvalue weighted by molar-refractivity contribution is -0.122. The summed E-state index contributed by atoms with van der Waals surface area (Å²) in [6.45, 7) is 7.23. The minimum atomic E-state index is -0.413. The number of aryl methyl sites for hydroxylation is 1. The fraction of sp³-hybridized carbons (Fsp3) is 0.478. The lowest BCUT2D eigenvalue weighted by atomic mass is 9.93. The number of amides is 2. The lowest BCUT2D eigenvalue weighted by Crippen LogP contribution is -2.40. The summed E-state index contributed by atoms with van der Waals surface area (Å²) in [6.07, 6.45) is 5.44. The molecule has 0 saturated carbocycles. The number of piperidine rings is 1. The highest BCUT2D eigenvalue weighted by atomic mass is 16.5. The molecule has 2 aromatic rings. The van der Waals surface area contributed by atoms with Gasteiger partial charge in [0.15, 0.2) is 0 Å². The number of rotatable bonds is 7. The van der Waals surface area contributed by atoms with Crippen molar-refractivity contribution in [3.8, 4) is 0 Å². The molecule has 1 saturated heterocycles. The van der Waals surface area contributed by atoms with Crippen molar-refractivity contribution in [2.75, 3.05) is 19.7 Å². The molecule has 2 amide bonds. The molecule has 166 valence electrons. The van der Waals surface area contributed by atoms with Crippen LogP contribution in [0.3, 0.4) is 0 Å². The van der Waals surface area contributed by atoms with Crippen LogP contribution in [-0.4, -0.2) is 52.3 Å². The van der Waals surface area contributed by atoms with Crippen molar-refractivity contribution < 1.29 is 19.1 Å². The third-order valence-electron chi connectivity index (χ3n) is 5.72. The molecular formula is C23H30N4O4. The zero-order valence-corrected chi connectivity index (χ0v) is 18.4. The third kappa shape index (κ3) is 5.51. The summed E-state index contributed by atoms with van der Waals surface area (Å²) in [5.74, 6) is -0.262. The molecule has 31 heavy (non-hydrogen) atoms. The Morgan fingerprint density at radius 1 is 1.26 bits per heavy atom. The van der Waals surface area contributed by atoms with Gasteiger partial charge in [0.05, 0.1) is 12.2 Å². The van der Waals surface area contributed by atoms with Crippen LogP contribution < -0.4 is 5.32 Å². The van der Waals surface area contributed by atoms with Crippen LogP contribution in [0, 0.1) is 19.8 Å². The number of likely N-dealkylation sites (tertiary alicyclic amines) is 1. The van der Waals surface area contributed by atoms with E-state index in [1.165, 1.54) is 0 Å². The first kappa shape index (κ1) is 22.5. The van der Waals surface area contributed by atoms with Gasteiger partial charge in [0.1, 0.15) is 5.69 Å². The summed E-state index contributed by atoms with van der Waals surface area (Å²) in [5, 5.41) is 2.94. The van der Waals surface area contributed by atoms with Crippen LogP contribution in [0.25, 0.3) is 0 Å². The second-order valence-electron chi connectivity index (χ2n) is 7.92. The van der Waals surface area contributed by atoms with E-state index in [0.717, 1.165) is 18.4 Å². The zero-order valence-electron chi connectivity index (χ0n) is 18.4. The summed E-state index contributed by atoms with van der Waals surface area (Å²) >= 11 is 0. The minimum absolute atomic E-state index is 0.0172. The largest absolute Gasteiger partial charge is 0.462 e. The van der Waals surface area contributed by atoms with Crippen LogP contribution in [0.4, 0.5) is 0 Å². The van der Waals surface area contributed by atoms with E-state index in [2.05, 4.69) is 15.3 Å². The van der Waals surface area contributed by atoms with E-state index in [-0.39, 0.29) is 24.3 Å². The summed E-state index contributed by atoms with van der Waals surface area (Å²) in [5.41, 5.74) is 3.10. The topological polar surface area (TPSA) is 104 Å². The number of H-pyrrole nitrogens is 1. The van der Waals surface area contributed by atoms with Gasteiger partial charge in [-0.15, -0.1) is 0 Å². The number of esters is 1. The quantitative estimate of drug-likeness (QED) is 0.663. The molecule has 8 nitrogen and oxygen atoms in total. The molecule has 8 heteroatoms. The number of hydrogen-bond donors (Lipinski definition) is 2. The van der Waals surface area contributed by atoms with Crippen molar-refractivity contribution in [2.45, 2.75) is 46.6 Å². The van der Waals surface area contributed by atoms with Gasteiger partial charge in [-0.3, -0.25) is 14.6 Å². The molecular weight excluding hydrogens is 396 g/mol. The Bertz CT molecular complexity index is 931. The molecule has 0 radical (unpaired) electrons. The fourth-order valence-corrected chi connectivity index (χ4v) is 4.01. The molecule has 0 aliphatic carbocycles. The Labute approximate surface area is 182 Å². The molecule has 1 aliphatic rings. The van der Waals surface area contributed by atoms with Crippen LogP contribution >= 0.6 is 0 Å². The van der Waals surface area contributed by atoms with Crippen molar-refractivity contribution in [3.05, 3.63) is 52.6 Å². The predicted molar refractivity (Wildman–Crippen MR) is 116 cm³/mol. The molecule has 1 fully saturated rings. The number of pyridine rings is 1. The summed E-state index contributed by atoms with van der Waals surface area (Å²) < 4.78 is 5.10. The van der Waals surface area contributed by atoms with Crippen molar-refractivity contribution in [1.82, 2.24) is 20.2 Å². The molecule has 1 aliphatic heterocycles. The van der Waals surface area contributed by atoms with E-state index in [1.807, 2.05) is 12.1 Å². The second kappa shape index (κ2) is 10.2. The van der Waals surface area contributed by atoms with Crippen molar-refractivity contribution in [2.24, 2.45) is 5.92 Å². The number of aromatic nitrogens is 2. The minimum Gasteiger partial charge on any atom is -0.462 e. The van der Waals surface area contributed by atoms with E-state index >= 15 is 0 Å². The summed E-state index contributed by atoms with van der Waals surface area (Å²) in [6, 6.07) is 3.77. The van der Waals surface area contributed by atoms with Gasteiger partial charge in [-0.25, -0.2) is 4.79 Å². The monoisotopic (exact) mass is 426 g/mol. The SMILES string of the molecule is CCOC(=O)c1c(C)[nH]c(C(=O)N2CCC(CC(=O)NCc3cccnc3)CC2)c1C. The van der Waals surface area contributed by atoms with Crippen molar-refractivity contribution >= 4 is 17.8 Å². The van der Waals surface area contributed by atoms with Crippen LogP contribution in [0.5, 0.6) is 0 Å². The molecule has 3 rings (SSSR count). The maximum absolute atomic E-state index is 13.0. The average Bonchev–Trinajstić information content (AvgIpc) is 3.07. The van der Waals surface area contributed by atoms with Gasteiger partial charge in [-0.2, -0.15) is 0 Å². The van der Waals surface area contributed by atoms with Gasteiger partial charge in [0.2, 0.25) is 5.91 Å². The molecule has 0 atom stereocenters. The average molecular weight is 427 g/mol. The Morgan fingerprint density at radius 2 is 2.00 bits per heavy atom. The molecule has 0 unspecified atom stereocenters. The first-order valence-electron chi connectivity index (χ1n) is 10.7. The number of nitrogens with zero attached hydrogens (tertiary/aromatic N) is 2. The highest BCUT2D eigenvalue weighted by molar-refractivity contribution is 6.00. The van der Waals surface area contributed by atoms with E-state index < -0.39 is 5.97 Å². The Morgan fingerprint density at radius 3 is 2.65 bits per heavy atom. The van der Waals surface area contributed by atoms with E-state index in [0.29, 0.717) is 48.6 Å². The first-order valence-corrected chi connectivity index (χ1v) is 10.7. The normalized spacial score (nSPS) is 14.4. The van der Waals surface area contributed by atoms with Gasteiger partial charge < -0.3 is 19.9 Å². The predicted octanol–water partition coefficient (Wildman–Crippen LogP) is 2.76. The number of carbonyl (C=O) groups is 3. The molecule has 0 bridgehead atoms. The number of aromatic amines is 1. The van der Waals surface area contributed by atoms with Crippen LogP contribution in [0.1, 0.15) is 63.9 Å². The van der Waals surface area contributed by atoms with Gasteiger partial charge in [0.25, 0.3) is 5.91 Å². The smallest absolute Gasteiger partial charge is 0.340 e. The number of nitrogens with one attached hydrogen (secondary N) is 2. The standard InChI is InChI=1S/C23H30N4O4/c1-4-31-23(30)20-15(2)21(26-16(20)3)22(29)27-10-7-17(8-11-27)12-19(28)25-14-18-6-5-9-24-13-18/h5-6,9,13,17,26H,4,7-8,10-12,14H2,1-3H3,(H,25,28). The van der Waals surface area contributed by atoms with Crippen molar-refractivity contribution in [1.29, 1.82) is 0 Å². The lowest BCUT2D eigenvalue weighted by Gasteiger charge is -2.31. The zero-order chi connectivity index (χ0) is 22.4. The molecule has 2 aromatic heterocycles. The van der Waals surface area contributed by atoms with Gasteiger partial charge in [-0.1, -0.05) is 6.07 Å². The Hall–Kier alpha value is -3.16. The second-order valence-corrected chi connectivity index (χ2v) is 7.92. The summed E-state index contributed by atoms with van der Waals surface area (Å²) in [4.78, 5) is 46.4. The van der Waals surface area contributed by atoms with Crippen LogP contribution in [0.15, 0.2) is 24.5 Å². The van der Waals surface area contributed by atoms with Gasteiger partial charge >= 0.3 is 5.97 Å². The third-order valence-corrected chi connectivity index (χ3v) is 5.72. The highest BCUT2D eigenvalue weighted by Crippen LogP contribution is 2.25. The molecule has 3 heterocycles. The van der Waals surface area contributed by atoms with Crippen LogP contribution in [0.2, 0.25) is 0 Å². The van der Waals surface area contributed by atoms with Gasteiger partial charge in [0, 0.05) is 44.1 Å². The molecule has 0 aromatic carbocycles. The van der Waals surface area contributed by atoms with E-state index in [4.69, 9.17) is 4.74 Å².